The quantitative estimate of drug-likeness (QED) is 0.887. The maximum absolute atomic E-state index is 13.8. The lowest BCUT2D eigenvalue weighted by molar-refractivity contribution is -0.114. The van der Waals surface area contributed by atoms with Crippen LogP contribution in [0.1, 0.15) is 19.4 Å². The van der Waals surface area contributed by atoms with Gasteiger partial charge in [-0.25, -0.2) is 17.6 Å². The van der Waals surface area contributed by atoms with Crippen LogP contribution < -0.4 is 9.62 Å². The van der Waals surface area contributed by atoms with Gasteiger partial charge in [0, 0.05) is 6.92 Å². The highest BCUT2D eigenvalue weighted by atomic mass is 32.2. The standard InChI is InChI=1S/C13H14FN3O5S/c1-4-22-13(19)17(23(3,20)21)12-6-11(16-8(2)18)10(14)5-9(12)7-15/h5-6H,4H2,1-3H3,(H,16,18). The van der Waals surface area contributed by atoms with E-state index in [9.17, 15) is 22.4 Å². The van der Waals surface area contributed by atoms with Crippen molar-refractivity contribution in [2.45, 2.75) is 13.8 Å². The number of halogens is 1. The molecule has 0 saturated carbocycles. The summed E-state index contributed by atoms with van der Waals surface area (Å²) in [5, 5.41) is 11.2. The molecule has 2 amide bonds. The van der Waals surface area contributed by atoms with Crippen LogP contribution in [0, 0.1) is 17.1 Å². The molecule has 124 valence electrons. The fraction of sp³-hybridized carbons (Fsp3) is 0.308. The summed E-state index contributed by atoms with van der Waals surface area (Å²) in [6.45, 7) is 2.49. The van der Waals surface area contributed by atoms with Crippen molar-refractivity contribution in [1.82, 2.24) is 0 Å². The Labute approximate surface area is 132 Å². The molecule has 0 aliphatic rings. The molecule has 8 nitrogen and oxygen atoms in total. The number of nitrogens with zero attached hydrogens (tertiary/aromatic N) is 2. The minimum Gasteiger partial charge on any atom is -0.449 e. The van der Waals surface area contributed by atoms with Crippen LogP contribution in [0.4, 0.5) is 20.6 Å². The fourth-order valence-corrected chi connectivity index (χ4v) is 2.53. The van der Waals surface area contributed by atoms with E-state index in [1.54, 1.807) is 6.07 Å². The minimum absolute atomic E-state index is 0.105. The molecule has 1 N–H and O–H groups in total. The Bertz CT molecular complexity index is 786. The zero-order valence-electron chi connectivity index (χ0n) is 12.6. The van der Waals surface area contributed by atoms with Crippen molar-refractivity contribution in [3.05, 3.63) is 23.5 Å². The molecule has 1 aromatic carbocycles. The van der Waals surface area contributed by atoms with Gasteiger partial charge in [-0.1, -0.05) is 0 Å². The Morgan fingerprint density at radius 1 is 1.43 bits per heavy atom. The van der Waals surface area contributed by atoms with Crippen LogP contribution in [0.2, 0.25) is 0 Å². The molecule has 0 atom stereocenters. The zero-order valence-corrected chi connectivity index (χ0v) is 13.4. The summed E-state index contributed by atoms with van der Waals surface area (Å²) in [5.74, 6) is -1.56. The van der Waals surface area contributed by atoms with Gasteiger partial charge in [0.25, 0.3) is 0 Å². The Hall–Kier alpha value is -2.67. The highest BCUT2D eigenvalue weighted by Gasteiger charge is 2.30. The first-order valence-corrected chi connectivity index (χ1v) is 8.15. The van der Waals surface area contributed by atoms with Gasteiger partial charge in [0.05, 0.1) is 29.8 Å². The number of nitriles is 1. The summed E-state index contributed by atoms with van der Waals surface area (Å²) in [5.41, 5.74) is -1.20. The summed E-state index contributed by atoms with van der Waals surface area (Å²) in [7, 11) is -4.16. The zero-order chi connectivity index (χ0) is 17.8. The van der Waals surface area contributed by atoms with E-state index in [1.165, 1.54) is 6.92 Å². The molecule has 1 rings (SSSR count). The van der Waals surface area contributed by atoms with Crippen molar-refractivity contribution in [3.63, 3.8) is 0 Å². The maximum Gasteiger partial charge on any atom is 0.428 e. The Balaban J connectivity index is 3.61. The van der Waals surface area contributed by atoms with Gasteiger partial charge in [-0.2, -0.15) is 9.57 Å². The number of ether oxygens (including phenoxy) is 1. The van der Waals surface area contributed by atoms with Gasteiger partial charge in [-0.15, -0.1) is 0 Å². The largest absolute Gasteiger partial charge is 0.449 e. The third-order valence-corrected chi connectivity index (χ3v) is 3.51. The molecule has 0 aromatic heterocycles. The lowest BCUT2D eigenvalue weighted by Crippen LogP contribution is -2.37. The molecule has 0 aliphatic heterocycles. The van der Waals surface area contributed by atoms with E-state index in [-0.39, 0.29) is 16.6 Å². The summed E-state index contributed by atoms with van der Waals surface area (Å²) in [6, 6.07) is 3.20. The Morgan fingerprint density at radius 3 is 2.48 bits per heavy atom. The van der Waals surface area contributed by atoms with Crippen LogP contribution in [0.25, 0.3) is 0 Å². The predicted molar refractivity (Wildman–Crippen MR) is 79.8 cm³/mol. The number of sulfonamides is 1. The Kier molecular flexibility index (Phi) is 5.64. The third-order valence-electron chi connectivity index (χ3n) is 2.50. The van der Waals surface area contributed by atoms with Gasteiger partial charge in [0.15, 0.2) is 0 Å². The minimum atomic E-state index is -4.16. The van der Waals surface area contributed by atoms with Crippen molar-refractivity contribution in [2.24, 2.45) is 0 Å². The van der Waals surface area contributed by atoms with Gasteiger partial charge in [0.2, 0.25) is 15.9 Å². The SMILES string of the molecule is CCOC(=O)N(c1cc(NC(C)=O)c(F)cc1C#N)S(C)(=O)=O. The van der Waals surface area contributed by atoms with E-state index in [0.717, 1.165) is 25.3 Å². The molecule has 0 fully saturated rings. The van der Waals surface area contributed by atoms with E-state index in [2.05, 4.69) is 10.1 Å². The van der Waals surface area contributed by atoms with Gasteiger partial charge in [-0.05, 0) is 19.1 Å². The first kappa shape index (κ1) is 18.4. The van der Waals surface area contributed by atoms with Gasteiger partial charge < -0.3 is 10.1 Å². The van der Waals surface area contributed by atoms with Crippen LogP contribution in [0.15, 0.2) is 12.1 Å². The molecule has 0 heterocycles. The number of carbonyl (C=O) groups is 2. The molecule has 0 unspecified atom stereocenters. The van der Waals surface area contributed by atoms with Crippen molar-refractivity contribution >= 4 is 33.4 Å². The topological polar surface area (TPSA) is 117 Å². The van der Waals surface area contributed by atoms with Crippen molar-refractivity contribution in [2.75, 3.05) is 22.5 Å². The highest BCUT2D eigenvalue weighted by Crippen LogP contribution is 2.29. The number of amides is 2. The monoisotopic (exact) mass is 343 g/mol. The molecule has 1 aromatic rings. The number of anilines is 2. The molecule has 0 spiro atoms. The number of nitrogens with one attached hydrogen (secondary N) is 1. The lowest BCUT2D eigenvalue weighted by atomic mass is 10.1. The third kappa shape index (κ3) is 4.40. The number of hydrogen-bond acceptors (Lipinski definition) is 6. The second-order valence-corrected chi connectivity index (χ2v) is 6.20. The number of hydrogen-bond donors (Lipinski definition) is 1. The van der Waals surface area contributed by atoms with E-state index in [1.807, 2.05) is 0 Å². The smallest absolute Gasteiger partial charge is 0.428 e. The summed E-state index contributed by atoms with van der Waals surface area (Å²) < 4.78 is 42.5. The number of carbonyl (C=O) groups excluding carboxylic acids is 2. The van der Waals surface area contributed by atoms with Gasteiger partial charge >= 0.3 is 6.09 Å². The number of benzene rings is 1. The summed E-state index contributed by atoms with van der Waals surface area (Å²) in [4.78, 5) is 23.0. The molecule has 0 radical (unpaired) electrons. The average molecular weight is 343 g/mol. The van der Waals surface area contributed by atoms with Crippen LogP contribution in [0.5, 0.6) is 0 Å². The fourth-order valence-electron chi connectivity index (χ4n) is 1.70. The Morgan fingerprint density at radius 2 is 2.04 bits per heavy atom. The van der Waals surface area contributed by atoms with Gasteiger partial charge in [-0.3, -0.25) is 4.79 Å². The van der Waals surface area contributed by atoms with E-state index < -0.39 is 39.1 Å². The molecule has 23 heavy (non-hydrogen) atoms. The van der Waals surface area contributed by atoms with Crippen LogP contribution in [0.3, 0.4) is 0 Å². The molecule has 0 bridgehead atoms. The maximum atomic E-state index is 13.8. The summed E-state index contributed by atoms with van der Waals surface area (Å²) >= 11 is 0. The van der Waals surface area contributed by atoms with E-state index in [0.29, 0.717) is 0 Å². The lowest BCUT2D eigenvalue weighted by Gasteiger charge is -2.21. The van der Waals surface area contributed by atoms with Crippen molar-refractivity contribution in [3.8, 4) is 6.07 Å². The second kappa shape index (κ2) is 7.06. The van der Waals surface area contributed by atoms with Gasteiger partial charge in [0.1, 0.15) is 11.9 Å². The van der Waals surface area contributed by atoms with Crippen molar-refractivity contribution in [1.29, 1.82) is 5.26 Å². The normalized spacial score (nSPS) is 10.6. The van der Waals surface area contributed by atoms with Crippen LogP contribution in [-0.2, 0) is 19.6 Å². The first-order chi connectivity index (χ1) is 10.6. The van der Waals surface area contributed by atoms with Crippen molar-refractivity contribution < 1.29 is 27.1 Å². The van der Waals surface area contributed by atoms with Crippen LogP contribution in [-0.4, -0.2) is 33.3 Å². The molecule has 0 aliphatic carbocycles. The van der Waals surface area contributed by atoms with E-state index >= 15 is 0 Å². The molecule has 0 saturated heterocycles. The highest BCUT2D eigenvalue weighted by molar-refractivity contribution is 7.92. The molecule has 10 heteroatoms. The average Bonchev–Trinajstić information content (AvgIpc) is 2.40. The van der Waals surface area contributed by atoms with E-state index in [4.69, 9.17) is 5.26 Å². The second-order valence-electron chi connectivity index (χ2n) is 4.37. The molecular formula is C13H14FN3O5S. The predicted octanol–water partition coefficient (Wildman–Crippen LogP) is 1.58. The first-order valence-electron chi connectivity index (χ1n) is 6.30. The molecular weight excluding hydrogens is 329 g/mol. The van der Waals surface area contributed by atoms with Crippen LogP contribution >= 0.6 is 0 Å². The summed E-state index contributed by atoms with van der Waals surface area (Å²) in [6.07, 6.45) is -0.515. The number of rotatable bonds is 4.